The summed E-state index contributed by atoms with van der Waals surface area (Å²) in [6.45, 7) is 2.25. The smallest absolute Gasteiger partial charge is 0.251 e. The Hall–Kier alpha value is -1.55. The number of carbonyl (C=O) groups excluding carboxylic acids is 1. The average molecular weight is 263 g/mol. The Morgan fingerprint density at radius 1 is 1.42 bits per heavy atom. The van der Waals surface area contributed by atoms with Crippen LogP contribution >= 0.6 is 0 Å². The molecule has 0 unspecified atom stereocenters. The third-order valence-electron chi connectivity index (χ3n) is 3.78. The lowest BCUT2D eigenvalue weighted by molar-refractivity contribution is 0.0449. The van der Waals surface area contributed by atoms with Gasteiger partial charge in [0.05, 0.1) is 12.7 Å². The maximum Gasteiger partial charge on any atom is 0.251 e. The molecule has 1 saturated carbocycles. The predicted octanol–water partition coefficient (Wildman–Crippen LogP) is 2.04. The van der Waals surface area contributed by atoms with E-state index in [1.807, 2.05) is 13.0 Å². The summed E-state index contributed by atoms with van der Waals surface area (Å²) in [7, 11) is 1.59. The minimum absolute atomic E-state index is 0.168. The average Bonchev–Trinajstić information content (AvgIpc) is 2.84. The van der Waals surface area contributed by atoms with E-state index >= 15 is 0 Å². The number of carbonyl (C=O) groups is 1. The standard InChI is InChI=1S/C15H21NO3/c1-11-5-6-12(9-13(11)19-2)14(17)16-10-15(18)7-3-4-8-15/h5-6,9,18H,3-4,7-8,10H2,1-2H3,(H,16,17). The van der Waals surface area contributed by atoms with Crippen molar-refractivity contribution in [3.05, 3.63) is 29.3 Å². The molecule has 0 heterocycles. The van der Waals surface area contributed by atoms with Gasteiger partial charge >= 0.3 is 0 Å². The normalized spacial score (nSPS) is 17.2. The van der Waals surface area contributed by atoms with E-state index in [2.05, 4.69) is 5.32 Å². The third-order valence-corrected chi connectivity index (χ3v) is 3.78. The minimum atomic E-state index is -0.718. The molecule has 0 radical (unpaired) electrons. The molecule has 1 aliphatic rings. The van der Waals surface area contributed by atoms with Crippen molar-refractivity contribution in [1.29, 1.82) is 0 Å². The summed E-state index contributed by atoms with van der Waals surface area (Å²) in [5.74, 6) is 0.533. The van der Waals surface area contributed by atoms with E-state index in [9.17, 15) is 9.90 Å². The van der Waals surface area contributed by atoms with Crippen molar-refractivity contribution >= 4 is 5.91 Å². The molecule has 2 N–H and O–H groups in total. The number of hydrogen-bond acceptors (Lipinski definition) is 3. The fourth-order valence-corrected chi connectivity index (χ4v) is 2.52. The first kappa shape index (κ1) is 13.9. The highest BCUT2D eigenvalue weighted by Crippen LogP contribution is 2.28. The molecule has 0 aromatic heterocycles. The first-order valence-electron chi connectivity index (χ1n) is 6.69. The van der Waals surface area contributed by atoms with Crippen LogP contribution in [0.3, 0.4) is 0 Å². The van der Waals surface area contributed by atoms with Crippen LogP contribution < -0.4 is 10.1 Å². The van der Waals surface area contributed by atoms with Crippen molar-refractivity contribution in [2.45, 2.75) is 38.2 Å². The second-order valence-electron chi connectivity index (χ2n) is 5.30. The van der Waals surface area contributed by atoms with Crippen molar-refractivity contribution in [2.75, 3.05) is 13.7 Å². The van der Waals surface area contributed by atoms with Crippen LogP contribution in [0.25, 0.3) is 0 Å². The fourth-order valence-electron chi connectivity index (χ4n) is 2.52. The lowest BCUT2D eigenvalue weighted by Gasteiger charge is -2.22. The zero-order chi connectivity index (χ0) is 13.9. The van der Waals surface area contributed by atoms with Crippen LogP contribution in [0, 0.1) is 6.92 Å². The Labute approximate surface area is 113 Å². The molecule has 1 aromatic carbocycles. The second-order valence-corrected chi connectivity index (χ2v) is 5.30. The molecule has 1 amide bonds. The molecule has 0 bridgehead atoms. The number of rotatable bonds is 4. The van der Waals surface area contributed by atoms with Gasteiger partial charge in [-0.3, -0.25) is 4.79 Å². The second kappa shape index (κ2) is 5.61. The van der Waals surface area contributed by atoms with Crippen molar-refractivity contribution in [3.8, 4) is 5.75 Å². The fraction of sp³-hybridized carbons (Fsp3) is 0.533. The van der Waals surface area contributed by atoms with Gasteiger partial charge in [-0.1, -0.05) is 18.9 Å². The number of amides is 1. The molecule has 4 nitrogen and oxygen atoms in total. The summed E-state index contributed by atoms with van der Waals surface area (Å²) in [5.41, 5.74) is 0.835. The monoisotopic (exact) mass is 263 g/mol. The van der Waals surface area contributed by atoms with Gasteiger partial charge in [-0.05, 0) is 37.5 Å². The highest BCUT2D eigenvalue weighted by atomic mass is 16.5. The van der Waals surface area contributed by atoms with Crippen LogP contribution in [-0.4, -0.2) is 30.3 Å². The van der Waals surface area contributed by atoms with E-state index < -0.39 is 5.60 Å². The zero-order valence-electron chi connectivity index (χ0n) is 11.5. The number of aryl methyl sites for hydroxylation is 1. The zero-order valence-corrected chi connectivity index (χ0v) is 11.5. The van der Waals surface area contributed by atoms with E-state index in [-0.39, 0.29) is 5.91 Å². The van der Waals surface area contributed by atoms with E-state index in [1.54, 1.807) is 19.2 Å². The Balaban J connectivity index is 1.99. The minimum Gasteiger partial charge on any atom is -0.496 e. The number of aliphatic hydroxyl groups is 1. The Bertz CT molecular complexity index is 464. The van der Waals surface area contributed by atoms with Gasteiger partial charge < -0.3 is 15.2 Å². The largest absolute Gasteiger partial charge is 0.496 e. The van der Waals surface area contributed by atoms with E-state index in [0.29, 0.717) is 17.9 Å². The molecule has 19 heavy (non-hydrogen) atoms. The van der Waals surface area contributed by atoms with Gasteiger partial charge in [0.2, 0.25) is 0 Å². The lowest BCUT2D eigenvalue weighted by Crippen LogP contribution is -2.40. The van der Waals surface area contributed by atoms with Crippen molar-refractivity contribution < 1.29 is 14.6 Å². The SMILES string of the molecule is COc1cc(C(=O)NCC2(O)CCCC2)ccc1C. The first-order chi connectivity index (χ1) is 9.04. The predicted molar refractivity (Wildman–Crippen MR) is 73.5 cm³/mol. The van der Waals surface area contributed by atoms with Crippen molar-refractivity contribution in [2.24, 2.45) is 0 Å². The van der Waals surface area contributed by atoms with Crippen LogP contribution in [0.4, 0.5) is 0 Å². The van der Waals surface area contributed by atoms with Crippen LogP contribution in [0.5, 0.6) is 5.75 Å². The molecule has 1 aromatic rings. The number of benzene rings is 1. The van der Waals surface area contributed by atoms with E-state index in [4.69, 9.17) is 4.74 Å². The third kappa shape index (κ3) is 3.26. The van der Waals surface area contributed by atoms with Crippen LogP contribution in [0.2, 0.25) is 0 Å². The van der Waals surface area contributed by atoms with Crippen molar-refractivity contribution in [1.82, 2.24) is 5.32 Å². The Kier molecular flexibility index (Phi) is 4.10. The Morgan fingerprint density at radius 3 is 2.74 bits per heavy atom. The molecule has 1 aliphatic carbocycles. The quantitative estimate of drug-likeness (QED) is 0.874. The molecule has 1 fully saturated rings. The maximum atomic E-state index is 12.0. The topological polar surface area (TPSA) is 58.6 Å². The van der Waals surface area contributed by atoms with E-state index in [0.717, 1.165) is 31.2 Å². The molecule has 2 rings (SSSR count). The summed E-state index contributed by atoms with van der Waals surface area (Å²) in [6.07, 6.45) is 3.60. The molecule has 0 spiro atoms. The van der Waals surface area contributed by atoms with E-state index in [1.165, 1.54) is 0 Å². The molecule has 104 valence electrons. The summed E-state index contributed by atoms with van der Waals surface area (Å²) in [4.78, 5) is 12.0. The molecular weight excluding hydrogens is 242 g/mol. The van der Waals surface area contributed by atoms with Gasteiger partial charge in [0.25, 0.3) is 5.91 Å². The highest BCUT2D eigenvalue weighted by molar-refractivity contribution is 5.94. The maximum absolute atomic E-state index is 12.0. The van der Waals surface area contributed by atoms with Gasteiger partial charge in [0, 0.05) is 12.1 Å². The van der Waals surface area contributed by atoms with Gasteiger partial charge in [-0.15, -0.1) is 0 Å². The van der Waals surface area contributed by atoms with Crippen LogP contribution in [0.15, 0.2) is 18.2 Å². The van der Waals surface area contributed by atoms with Crippen LogP contribution in [0.1, 0.15) is 41.6 Å². The number of nitrogens with one attached hydrogen (secondary N) is 1. The summed E-state index contributed by atoms with van der Waals surface area (Å²) in [6, 6.07) is 5.35. The molecule has 0 saturated heterocycles. The Morgan fingerprint density at radius 2 is 2.11 bits per heavy atom. The number of hydrogen-bond donors (Lipinski definition) is 2. The van der Waals surface area contributed by atoms with Gasteiger partial charge in [-0.2, -0.15) is 0 Å². The summed E-state index contributed by atoms with van der Waals surface area (Å²) < 4.78 is 5.20. The van der Waals surface area contributed by atoms with Gasteiger partial charge in [-0.25, -0.2) is 0 Å². The summed E-state index contributed by atoms with van der Waals surface area (Å²) in [5, 5.41) is 13.0. The number of methoxy groups -OCH3 is 1. The highest BCUT2D eigenvalue weighted by Gasteiger charge is 2.31. The molecule has 4 heteroatoms. The molecular formula is C15H21NO3. The number of ether oxygens (including phenoxy) is 1. The summed E-state index contributed by atoms with van der Waals surface area (Å²) >= 11 is 0. The van der Waals surface area contributed by atoms with Crippen LogP contribution in [-0.2, 0) is 0 Å². The lowest BCUT2D eigenvalue weighted by atomic mass is 10.0. The molecule has 0 aliphatic heterocycles. The van der Waals surface area contributed by atoms with Gasteiger partial charge in [0.15, 0.2) is 0 Å². The molecule has 0 atom stereocenters. The van der Waals surface area contributed by atoms with Gasteiger partial charge in [0.1, 0.15) is 5.75 Å². The first-order valence-corrected chi connectivity index (χ1v) is 6.69. The van der Waals surface area contributed by atoms with Crippen molar-refractivity contribution in [3.63, 3.8) is 0 Å².